The second kappa shape index (κ2) is 14.4. The molecule has 1 aliphatic heterocycles. The second-order valence-electron chi connectivity index (χ2n) is 9.67. The first-order chi connectivity index (χ1) is 21.3. The normalized spacial score (nSPS) is 12.9. The summed E-state index contributed by atoms with van der Waals surface area (Å²) in [6, 6.07) is 21.9. The number of amides is 1. The van der Waals surface area contributed by atoms with Gasteiger partial charge in [0.15, 0.2) is 0 Å². The summed E-state index contributed by atoms with van der Waals surface area (Å²) in [4.78, 5) is 27.4. The maximum atomic E-state index is 13.4. The molecule has 5 aromatic rings. The Bertz CT molecular complexity index is 1690. The van der Waals surface area contributed by atoms with E-state index in [0.29, 0.717) is 22.8 Å². The molecule has 6 rings (SSSR count). The van der Waals surface area contributed by atoms with Crippen molar-refractivity contribution in [2.45, 2.75) is 40.5 Å². The molecule has 0 aliphatic carbocycles. The zero-order valence-corrected chi connectivity index (χ0v) is 25.5. The molecule has 3 aromatic heterocycles. The van der Waals surface area contributed by atoms with E-state index in [-0.39, 0.29) is 19.0 Å². The Morgan fingerprint density at radius 1 is 0.773 bits per heavy atom. The molecule has 0 spiro atoms. The van der Waals surface area contributed by atoms with Crippen molar-refractivity contribution in [3.05, 3.63) is 103 Å². The fourth-order valence-corrected chi connectivity index (χ4v) is 4.50. The first-order valence-electron chi connectivity index (χ1n) is 14.7. The van der Waals surface area contributed by atoms with Crippen molar-refractivity contribution in [1.82, 2.24) is 15.0 Å². The molecule has 1 saturated heterocycles. The van der Waals surface area contributed by atoms with Crippen molar-refractivity contribution >= 4 is 51.1 Å². The highest BCUT2D eigenvalue weighted by atomic mass is 19.3. The standard InChI is InChI=1S/C30H25F2N7O.2C2H6/c1-19-14-23(10-12-33-19)36-21-3-5-22(6-4-21)37-29(40)20-2-9-28(35-16-20)38-27-11-13-34-26-8-7-24(15-25(26)27)39-17-30(31,32)18-39;2*1-2/h2-16H,17-18H2,1H3,(H,33,36)(H,37,40)(H,34,35,38);2*1-2H3. The molecule has 0 saturated carbocycles. The molecule has 1 amide bonds. The monoisotopic (exact) mass is 597 g/mol. The van der Waals surface area contributed by atoms with Crippen molar-refractivity contribution in [2.75, 3.05) is 33.9 Å². The maximum Gasteiger partial charge on any atom is 0.282 e. The number of pyridine rings is 3. The van der Waals surface area contributed by atoms with Gasteiger partial charge in [0.05, 0.1) is 29.9 Å². The minimum Gasteiger partial charge on any atom is -0.359 e. The summed E-state index contributed by atoms with van der Waals surface area (Å²) in [5.41, 5.74) is 5.98. The predicted octanol–water partition coefficient (Wildman–Crippen LogP) is 8.58. The lowest BCUT2D eigenvalue weighted by molar-refractivity contribution is -0.0262. The minimum absolute atomic E-state index is 0.283. The topological polar surface area (TPSA) is 95.1 Å². The van der Waals surface area contributed by atoms with Gasteiger partial charge in [-0.05, 0) is 79.7 Å². The average molecular weight is 598 g/mol. The van der Waals surface area contributed by atoms with Gasteiger partial charge in [0.25, 0.3) is 11.8 Å². The number of nitrogens with one attached hydrogen (secondary N) is 3. The van der Waals surface area contributed by atoms with Gasteiger partial charge in [0.1, 0.15) is 5.82 Å². The van der Waals surface area contributed by atoms with Crippen molar-refractivity contribution in [1.29, 1.82) is 0 Å². The molecule has 10 heteroatoms. The van der Waals surface area contributed by atoms with E-state index in [4.69, 9.17) is 0 Å². The summed E-state index contributed by atoms with van der Waals surface area (Å²) in [5.74, 6) is -2.40. The summed E-state index contributed by atoms with van der Waals surface area (Å²) < 4.78 is 26.7. The van der Waals surface area contributed by atoms with Crippen LogP contribution in [0.1, 0.15) is 43.7 Å². The van der Waals surface area contributed by atoms with Crippen LogP contribution in [0.2, 0.25) is 0 Å². The van der Waals surface area contributed by atoms with Gasteiger partial charge in [-0.1, -0.05) is 27.7 Å². The molecule has 228 valence electrons. The van der Waals surface area contributed by atoms with E-state index in [1.54, 1.807) is 41.6 Å². The van der Waals surface area contributed by atoms with E-state index in [2.05, 4.69) is 30.9 Å². The molecular formula is C34H37F2N7O. The molecule has 8 nitrogen and oxygen atoms in total. The third kappa shape index (κ3) is 7.83. The van der Waals surface area contributed by atoms with Gasteiger partial charge in [-0.3, -0.25) is 14.8 Å². The van der Waals surface area contributed by atoms with Gasteiger partial charge in [0, 0.05) is 52.4 Å². The molecule has 1 fully saturated rings. The van der Waals surface area contributed by atoms with Gasteiger partial charge < -0.3 is 20.9 Å². The van der Waals surface area contributed by atoms with Gasteiger partial charge in [-0.2, -0.15) is 0 Å². The molecule has 3 N–H and O–H groups in total. The highest BCUT2D eigenvalue weighted by Gasteiger charge is 2.43. The summed E-state index contributed by atoms with van der Waals surface area (Å²) in [6.07, 6.45) is 4.91. The van der Waals surface area contributed by atoms with E-state index in [1.165, 1.54) is 6.20 Å². The van der Waals surface area contributed by atoms with E-state index in [0.717, 1.165) is 33.7 Å². The van der Waals surface area contributed by atoms with Crippen LogP contribution in [0.15, 0.2) is 91.4 Å². The number of hydrogen-bond acceptors (Lipinski definition) is 7. The maximum absolute atomic E-state index is 13.4. The number of hydrogen-bond donors (Lipinski definition) is 3. The number of carbonyl (C=O) groups excluding carboxylic acids is 1. The van der Waals surface area contributed by atoms with E-state index in [1.807, 2.05) is 83.1 Å². The summed E-state index contributed by atoms with van der Waals surface area (Å²) in [7, 11) is 0. The smallest absolute Gasteiger partial charge is 0.282 e. The number of anilines is 6. The van der Waals surface area contributed by atoms with Crippen molar-refractivity contribution in [3.63, 3.8) is 0 Å². The summed E-state index contributed by atoms with van der Waals surface area (Å²) in [5, 5.41) is 10.2. The van der Waals surface area contributed by atoms with Crippen LogP contribution in [0.25, 0.3) is 10.9 Å². The van der Waals surface area contributed by atoms with Gasteiger partial charge in [-0.15, -0.1) is 0 Å². The zero-order chi connectivity index (χ0) is 31.7. The first kappa shape index (κ1) is 31.8. The Labute approximate surface area is 256 Å². The van der Waals surface area contributed by atoms with Crippen LogP contribution in [0.3, 0.4) is 0 Å². The fourth-order valence-electron chi connectivity index (χ4n) is 4.50. The fraction of sp³-hybridized carbons (Fsp3) is 0.235. The SMILES string of the molecule is CC.CC.Cc1cc(Nc2ccc(NC(=O)c3ccc(Nc4ccnc5ccc(N6CC(F)(F)C6)cc45)nc3)cc2)ccn1. The van der Waals surface area contributed by atoms with Crippen LogP contribution in [-0.4, -0.2) is 39.9 Å². The van der Waals surface area contributed by atoms with Crippen LogP contribution in [0.5, 0.6) is 0 Å². The Morgan fingerprint density at radius 2 is 1.48 bits per heavy atom. The van der Waals surface area contributed by atoms with E-state index >= 15 is 0 Å². The van der Waals surface area contributed by atoms with Crippen molar-refractivity contribution < 1.29 is 13.6 Å². The van der Waals surface area contributed by atoms with Crippen LogP contribution < -0.4 is 20.9 Å². The predicted molar refractivity (Wildman–Crippen MR) is 176 cm³/mol. The molecule has 0 bridgehead atoms. The number of aromatic nitrogens is 3. The number of halogens is 2. The Balaban J connectivity index is 0.00000106. The average Bonchev–Trinajstić information content (AvgIpc) is 3.03. The lowest BCUT2D eigenvalue weighted by Gasteiger charge is -2.40. The molecule has 0 radical (unpaired) electrons. The lowest BCUT2D eigenvalue weighted by atomic mass is 10.1. The number of fused-ring (bicyclic) bond motifs is 1. The van der Waals surface area contributed by atoms with Gasteiger partial charge >= 0.3 is 0 Å². The van der Waals surface area contributed by atoms with Gasteiger partial charge in [-0.25, -0.2) is 13.8 Å². The number of aryl methyl sites for hydroxylation is 1. The molecule has 1 aliphatic rings. The summed E-state index contributed by atoms with van der Waals surface area (Å²) in [6.45, 7) is 9.34. The highest BCUT2D eigenvalue weighted by molar-refractivity contribution is 6.04. The van der Waals surface area contributed by atoms with Crippen molar-refractivity contribution in [3.8, 4) is 0 Å². The first-order valence-corrected chi connectivity index (χ1v) is 14.7. The molecule has 4 heterocycles. The number of rotatable bonds is 7. The number of benzene rings is 2. The van der Waals surface area contributed by atoms with Crippen molar-refractivity contribution in [2.24, 2.45) is 0 Å². The molecule has 44 heavy (non-hydrogen) atoms. The van der Waals surface area contributed by atoms with E-state index in [9.17, 15) is 13.6 Å². The number of alkyl halides is 2. The second-order valence-corrected chi connectivity index (χ2v) is 9.67. The number of carbonyl (C=O) groups is 1. The summed E-state index contributed by atoms with van der Waals surface area (Å²) >= 11 is 0. The Morgan fingerprint density at radius 3 is 2.14 bits per heavy atom. The van der Waals surface area contributed by atoms with Crippen LogP contribution >= 0.6 is 0 Å². The molecule has 0 unspecified atom stereocenters. The van der Waals surface area contributed by atoms with Crippen LogP contribution in [0, 0.1) is 6.92 Å². The largest absolute Gasteiger partial charge is 0.359 e. The highest BCUT2D eigenvalue weighted by Crippen LogP contribution is 2.35. The Kier molecular flexibility index (Phi) is 10.4. The third-order valence-electron chi connectivity index (χ3n) is 6.55. The van der Waals surface area contributed by atoms with Crippen LogP contribution in [-0.2, 0) is 0 Å². The molecule has 2 aromatic carbocycles. The number of nitrogens with zero attached hydrogens (tertiary/aromatic N) is 4. The zero-order valence-electron chi connectivity index (χ0n) is 25.5. The molecular weight excluding hydrogens is 560 g/mol. The quantitative estimate of drug-likeness (QED) is 0.173. The third-order valence-corrected chi connectivity index (χ3v) is 6.55. The molecule has 0 atom stereocenters. The lowest BCUT2D eigenvalue weighted by Crippen LogP contribution is -2.56. The van der Waals surface area contributed by atoms with Gasteiger partial charge in [0.2, 0.25) is 0 Å². The van der Waals surface area contributed by atoms with E-state index < -0.39 is 5.92 Å². The van der Waals surface area contributed by atoms with Crippen LogP contribution in [0.4, 0.5) is 43.0 Å². The minimum atomic E-state index is -2.65. The Hall–Kier alpha value is -5.12.